The number of rotatable bonds is 5. The summed E-state index contributed by atoms with van der Waals surface area (Å²) in [7, 11) is 2.00. The van der Waals surface area contributed by atoms with Crippen LogP contribution in [0.4, 0.5) is 5.82 Å². The first-order valence-electron chi connectivity index (χ1n) is 11.4. The van der Waals surface area contributed by atoms with Crippen LogP contribution in [0.5, 0.6) is 0 Å². The topological polar surface area (TPSA) is 99.2 Å². The molecule has 4 heterocycles. The Bertz CT molecular complexity index is 1380. The molecule has 9 heteroatoms. The number of nitriles is 1. The van der Waals surface area contributed by atoms with E-state index in [1.165, 1.54) is 0 Å². The van der Waals surface area contributed by atoms with E-state index in [9.17, 15) is 10.1 Å². The highest BCUT2D eigenvalue weighted by atomic mass is 16.2. The average Bonchev–Trinajstić information content (AvgIpc) is 3.28. The van der Waals surface area contributed by atoms with Gasteiger partial charge in [-0.1, -0.05) is 12.1 Å². The van der Waals surface area contributed by atoms with Gasteiger partial charge in [-0.25, -0.2) is 4.98 Å². The molecule has 0 saturated carbocycles. The Hall–Kier alpha value is -4.19. The lowest BCUT2D eigenvalue weighted by molar-refractivity contribution is 0.0706. The molecular formula is C25H24BN7O. The monoisotopic (exact) mass is 449 g/mol. The molecule has 0 bridgehead atoms. The number of fused-ring (bicyclic) bond motifs is 1. The van der Waals surface area contributed by atoms with Crippen LogP contribution in [0.1, 0.15) is 45.9 Å². The molecule has 34 heavy (non-hydrogen) atoms. The van der Waals surface area contributed by atoms with Crippen molar-refractivity contribution in [3.05, 3.63) is 83.4 Å². The number of nitrogens with zero attached hydrogens (tertiary/aromatic N) is 6. The summed E-state index contributed by atoms with van der Waals surface area (Å²) in [4.78, 5) is 24.2. The van der Waals surface area contributed by atoms with Crippen molar-refractivity contribution in [1.82, 2.24) is 24.5 Å². The van der Waals surface area contributed by atoms with Crippen LogP contribution >= 0.6 is 0 Å². The van der Waals surface area contributed by atoms with Crippen molar-refractivity contribution >= 4 is 30.7 Å². The lowest BCUT2D eigenvalue weighted by atomic mass is 9.93. The molecule has 5 rings (SSSR count). The first-order chi connectivity index (χ1) is 16.6. The van der Waals surface area contributed by atoms with Gasteiger partial charge < -0.3 is 10.2 Å². The Morgan fingerprint density at radius 1 is 1.24 bits per heavy atom. The Kier molecular flexibility index (Phi) is 5.96. The maximum atomic E-state index is 13.2. The molecule has 168 valence electrons. The molecule has 1 N–H and O–H groups in total. The van der Waals surface area contributed by atoms with Gasteiger partial charge in [0.2, 0.25) is 0 Å². The Labute approximate surface area is 198 Å². The van der Waals surface area contributed by atoms with Crippen molar-refractivity contribution in [3.63, 3.8) is 0 Å². The van der Waals surface area contributed by atoms with Crippen LogP contribution in [0.2, 0.25) is 0 Å². The summed E-state index contributed by atoms with van der Waals surface area (Å²) in [6.07, 6.45) is 7.28. The van der Waals surface area contributed by atoms with E-state index in [0.29, 0.717) is 30.8 Å². The quantitative estimate of drug-likeness (QED) is 0.468. The first-order valence-corrected chi connectivity index (χ1v) is 11.4. The summed E-state index contributed by atoms with van der Waals surface area (Å²) in [6.45, 7) is 1.91. The highest BCUT2D eigenvalue weighted by Crippen LogP contribution is 2.29. The summed E-state index contributed by atoms with van der Waals surface area (Å²) >= 11 is 0. The highest BCUT2D eigenvalue weighted by Gasteiger charge is 2.27. The molecule has 8 nitrogen and oxygen atoms in total. The molecule has 1 aliphatic heterocycles. The number of aromatic nitrogens is 4. The smallest absolute Gasteiger partial charge is 0.253 e. The van der Waals surface area contributed by atoms with Gasteiger partial charge in [0.05, 0.1) is 17.3 Å². The minimum absolute atomic E-state index is 0.0432. The largest absolute Gasteiger partial charge is 0.366 e. The van der Waals surface area contributed by atoms with Gasteiger partial charge in [0.25, 0.3) is 5.91 Å². The molecule has 4 aromatic rings. The van der Waals surface area contributed by atoms with Crippen molar-refractivity contribution in [1.29, 1.82) is 5.26 Å². The third kappa shape index (κ3) is 4.35. The zero-order chi connectivity index (χ0) is 23.5. The zero-order valence-electron chi connectivity index (χ0n) is 19.0. The normalized spacial score (nSPS) is 15.7. The molecule has 1 saturated heterocycles. The standard InChI is InChI=1S/C25H24BN7O/c26-21-15-30-33-23(29-14-18-5-2-8-28-13-18)11-22(31-24(21)33)20-7-3-9-32(16-20)25(34)19-6-1-4-17(10-19)12-27/h1-2,4-6,8,10-11,13,15,20,29H,3,7,9,14,16,26H2. The third-order valence-electron chi connectivity index (χ3n) is 6.23. The van der Waals surface area contributed by atoms with E-state index in [1.807, 2.05) is 47.9 Å². The fourth-order valence-electron chi connectivity index (χ4n) is 4.43. The van der Waals surface area contributed by atoms with Crippen LogP contribution in [-0.4, -0.2) is 51.3 Å². The maximum absolute atomic E-state index is 13.2. The average molecular weight is 449 g/mol. The number of pyridine rings is 1. The van der Waals surface area contributed by atoms with Crippen molar-refractivity contribution in [2.75, 3.05) is 18.4 Å². The second kappa shape index (κ2) is 9.36. The maximum Gasteiger partial charge on any atom is 0.253 e. The number of carbonyl (C=O) groups excluding carboxylic acids is 1. The Balaban J connectivity index is 1.41. The first kappa shape index (κ1) is 21.6. The van der Waals surface area contributed by atoms with E-state index in [4.69, 9.17) is 4.98 Å². The zero-order valence-corrected chi connectivity index (χ0v) is 19.0. The lowest BCUT2D eigenvalue weighted by Crippen LogP contribution is -2.39. The number of nitrogens with one attached hydrogen (secondary N) is 1. The van der Waals surface area contributed by atoms with E-state index in [0.717, 1.165) is 41.0 Å². The Morgan fingerprint density at radius 2 is 2.15 bits per heavy atom. The molecule has 1 fully saturated rings. The van der Waals surface area contributed by atoms with Gasteiger partial charge in [0, 0.05) is 55.8 Å². The lowest BCUT2D eigenvalue weighted by Gasteiger charge is -2.33. The molecule has 1 amide bonds. The molecule has 1 aromatic carbocycles. The van der Waals surface area contributed by atoms with Crippen molar-refractivity contribution in [2.24, 2.45) is 0 Å². The van der Waals surface area contributed by atoms with Gasteiger partial charge in [0.15, 0.2) is 5.65 Å². The summed E-state index contributed by atoms with van der Waals surface area (Å²) in [5, 5.41) is 17.2. The molecule has 1 atom stereocenters. The second-order valence-electron chi connectivity index (χ2n) is 8.63. The van der Waals surface area contributed by atoms with Crippen LogP contribution in [-0.2, 0) is 6.54 Å². The molecule has 0 radical (unpaired) electrons. The molecule has 3 aromatic heterocycles. The fraction of sp³-hybridized carbons (Fsp3) is 0.240. The number of benzene rings is 1. The summed E-state index contributed by atoms with van der Waals surface area (Å²) < 4.78 is 1.83. The number of piperidine rings is 1. The molecule has 0 spiro atoms. The van der Waals surface area contributed by atoms with E-state index < -0.39 is 0 Å². The fourth-order valence-corrected chi connectivity index (χ4v) is 4.43. The van der Waals surface area contributed by atoms with Gasteiger partial charge in [-0.05, 0) is 48.1 Å². The number of hydrogen-bond acceptors (Lipinski definition) is 6. The number of amides is 1. The van der Waals surface area contributed by atoms with Gasteiger partial charge in [-0.15, -0.1) is 0 Å². The van der Waals surface area contributed by atoms with E-state index in [2.05, 4.69) is 21.5 Å². The minimum atomic E-state index is -0.0432. The highest BCUT2D eigenvalue weighted by molar-refractivity contribution is 6.36. The Morgan fingerprint density at radius 3 is 2.97 bits per heavy atom. The summed E-state index contributed by atoms with van der Waals surface area (Å²) in [6, 6.07) is 15.0. The molecule has 1 unspecified atom stereocenters. The molecular weight excluding hydrogens is 425 g/mol. The molecule has 0 aliphatic carbocycles. The van der Waals surface area contributed by atoms with E-state index in [-0.39, 0.29) is 11.8 Å². The van der Waals surface area contributed by atoms with Crippen LogP contribution < -0.4 is 10.8 Å². The van der Waals surface area contributed by atoms with Crippen LogP contribution in [0.15, 0.2) is 61.1 Å². The number of anilines is 1. The predicted molar refractivity (Wildman–Crippen MR) is 132 cm³/mol. The number of carbonyl (C=O) groups is 1. The van der Waals surface area contributed by atoms with Gasteiger partial charge in [-0.3, -0.25) is 9.78 Å². The predicted octanol–water partition coefficient (Wildman–Crippen LogP) is 1.89. The van der Waals surface area contributed by atoms with Crippen molar-refractivity contribution < 1.29 is 4.79 Å². The minimum Gasteiger partial charge on any atom is -0.366 e. The number of likely N-dealkylation sites (tertiary alicyclic amines) is 1. The number of hydrogen-bond donors (Lipinski definition) is 1. The van der Waals surface area contributed by atoms with E-state index in [1.54, 1.807) is 30.5 Å². The van der Waals surface area contributed by atoms with Gasteiger partial charge in [0.1, 0.15) is 13.7 Å². The van der Waals surface area contributed by atoms with Gasteiger partial charge in [-0.2, -0.15) is 14.9 Å². The summed E-state index contributed by atoms with van der Waals surface area (Å²) in [5.41, 5.74) is 4.89. The van der Waals surface area contributed by atoms with Crippen molar-refractivity contribution in [2.45, 2.75) is 25.3 Å². The van der Waals surface area contributed by atoms with Crippen LogP contribution in [0.25, 0.3) is 5.65 Å². The van der Waals surface area contributed by atoms with Gasteiger partial charge >= 0.3 is 0 Å². The summed E-state index contributed by atoms with van der Waals surface area (Å²) in [5.74, 6) is 0.940. The second-order valence-corrected chi connectivity index (χ2v) is 8.63. The SMILES string of the molecule is Bc1cnn2c(NCc3cccnc3)cc(C3CCCN(C(=O)c4cccc(C#N)c4)C3)nc12. The third-order valence-corrected chi connectivity index (χ3v) is 6.23. The van der Waals surface area contributed by atoms with Crippen LogP contribution in [0, 0.1) is 11.3 Å². The van der Waals surface area contributed by atoms with E-state index >= 15 is 0 Å². The van der Waals surface area contributed by atoms with Crippen LogP contribution in [0.3, 0.4) is 0 Å². The van der Waals surface area contributed by atoms with Crippen molar-refractivity contribution in [3.8, 4) is 6.07 Å². The molecule has 1 aliphatic rings.